The van der Waals surface area contributed by atoms with Crippen LogP contribution in [0.4, 0.5) is 0 Å². The highest BCUT2D eigenvalue weighted by atomic mass is 16.5. The van der Waals surface area contributed by atoms with Crippen LogP contribution in [0.3, 0.4) is 0 Å². The maximum Gasteiger partial charge on any atom is 0.123 e. The van der Waals surface area contributed by atoms with Crippen molar-refractivity contribution in [3.8, 4) is 5.75 Å². The molecule has 1 heterocycles. The van der Waals surface area contributed by atoms with Gasteiger partial charge in [-0.25, -0.2) is 0 Å². The highest BCUT2D eigenvalue weighted by Gasteiger charge is 2.10. The Labute approximate surface area is 95.0 Å². The van der Waals surface area contributed by atoms with Gasteiger partial charge in [0.15, 0.2) is 0 Å². The van der Waals surface area contributed by atoms with E-state index in [1.807, 2.05) is 29.2 Å². The molecule has 0 aromatic heterocycles. The summed E-state index contributed by atoms with van der Waals surface area (Å²) >= 11 is 0. The van der Waals surface area contributed by atoms with E-state index >= 15 is 0 Å². The summed E-state index contributed by atoms with van der Waals surface area (Å²) in [6.45, 7) is 1.42. The van der Waals surface area contributed by atoms with E-state index < -0.39 is 0 Å². The zero-order chi connectivity index (χ0) is 11.4. The third-order valence-corrected chi connectivity index (χ3v) is 2.51. The van der Waals surface area contributed by atoms with E-state index in [0.717, 1.165) is 12.3 Å². The molecular weight excluding hydrogens is 202 g/mol. The lowest BCUT2D eigenvalue weighted by molar-refractivity contribution is 0.388. The van der Waals surface area contributed by atoms with E-state index in [-0.39, 0.29) is 0 Å². The molecule has 1 aromatic carbocycles. The van der Waals surface area contributed by atoms with E-state index in [1.54, 1.807) is 19.4 Å². The molecule has 84 valence electrons. The number of nitrogens with one attached hydrogen (secondary N) is 2. The second kappa shape index (κ2) is 4.70. The van der Waals surface area contributed by atoms with Crippen LogP contribution in [-0.2, 0) is 6.54 Å². The zero-order valence-corrected chi connectivity index (χ0v) is 9.23. The average molecular weight is 217 g/mol. The van der Waals surface area contributed by atoms with E-state index in [2.05, 4.69) is 5.32 Å². The average Bonchev–Trinajstić information content (AvgIpc) is 2.33. The highest BCUT2D eigenvalue weighted by molar-refractivity contribution is 5.90. The molecule has 0 radical (unpaired) electrons. The normalized spacial score (nSPS) is 14.8. The number of nitrogens with zero attached hydrogens (tertiary/aromatic N) is 1. The number of hydrogen-bond acceptors (Lipinski definition) is 3. The molecule has 1 aliphatic heterocycles. The lowest BCUT2D eigenvalue weighted by atomic mass is 10.2. The molecule has 0 unspecified atom stereocenters. The Kier molecular flexibility index (Phi) is 3.10. The van der Waals surface area contributed by atoms with Gasteiger partial charge in [0.05, 0.1) is 13.8 Å². The smallest absolute Gasteiger partial charge is 0.123 e. The number of hydrogen-bond donors (Lipinski definition) is 2. The van der Waals surface area contributed by atoms with Gasteiger partial charge < -0.3 is 15.0 Å². The van der Waals surface area contributed by atoms with E-state index in [0.29, 0.717) is 12.5 Å². The van der Waals surface area contributed by atoms with Gasteiger partial charge in [0.2, 0.25) is 0 Å². The minimum absolute atomic E-state index is 0.537. The van der Waals surface area contributed by atoms with Crippen LogP contribution < -0.4 is 10.1 Å². The molecule has 1 aliphatic rings. The second-order valence-corrected chi connectivity index (χ2v) is 3.63. The molecule has 2 rings (SSSR count). The predicted octanol–water partition coefficient (Wildman–Crippen LogP) is 1.55. The molecule has 0 fully saturated rings. The van der Waals surface area contributed by atoms with Crippen LogP contribution in [0.2, 0.25) is 0 Å². The summed E-state index contributed by atoms with van der Waals surface area (Å²) in [6.07, 6.45) is 3.56. The number of benzene rings is 1. The van der Waals surface area contributed by atoms with Crippen molar-refractivity contribution in [1.29, 1.82) is 5.41 Å². The molecule has 2 N–H and O–H groups in total. The molecule has 16 heavy (non-hydrogen) atoms. The fourth-order valence-corrected chi connectivity index (χ4v) is 1.58. The molecule has 4 nitrogen and oxygen atoms in total. The zero-order valence-electron chi connectivity index (χ0n) is 9.23. The van der Waals surface area contributed by atoms with Gasteiger partial charge in [0.1, 0.15) is 11.6 Å². The Morgan fingerprint density at radius 3 is 2.75 bits per heavy atom. The summed E-state index contributed by atoms with van der Waals surface area (Å²) in [5, 5.41) is 10.8. The predicted molar refractivity (Wildman–Crippen MR) is 63.4 cm³/mol. The van der Waals surface area contributed by atoms with Gasteiger partial charge >= 0.3 is 0 Å². The summed E-state index contributed by atoms with van der Waals surface area (Å²) < 4.78 is 5.10. The fraction of sp³-hybridized carbons (Fsp3) is 0.250. The largest absolute Gasteiger partial charge is 0.497 e. The van der Waals surface area contributed by atoms with E-state index in [1.165, 1.54) is 5.56 Å². The topological polar surface area (TPSA) is 48.4 Å². The monoisotopic (exact) mass is 217 g/mol. The molecule has 0 saturated heterocycles. The van der Waals surface area contributed by atoms with Gasteiger partial charge in [0.25, 0.3) is 0 Å². The third-order valence-electron chi connectivity index (χ3n) is 2.51. The Morgan fingerprint density at radius 2 is 2.12 bits per heavy atom. The van der Waals surface area contributed by atoms with Crippen molar-refractivity contribution in [2.45, 2.75) is 6.54 Å². The number of ether oxygens (including phenoxy) is 1. The summed E-state index contributed by atoms with van der Waals surface area (Å²) in [5.41, 5.74) is 1.17. The minimum atomic E-state index is 0.537. The van der Waals surface area contributed by atoms with Crippen molar-refractivity contribution in [2.24, 2.45) is 0 Å². The molecule has 4 heteroatoms. The Bertz CT molecular complexity index is 397. The van der Waals surface area contributed by atoms with Crippen molar-refractivity contribution in [3.63, 3.8) is 0 Å². The molecule has 0 bridgehead atoms. The molecular formula is C12H15N3O. The first kappa shape index (κ1) is 10.5. The quantitative estimate of drug-likeness (QED) is 0.807. The number of rotatable bonds is 3. The SMILES string of the molecule is COc1ccc(CN2CNC=CC2=N)cc1. The first-order chi connectivity index (χ1) is 7.79. The lowest BCUT2D eigenvalue weighted by Gasteiger charge is -2.26. The molecule has 0 saturated carbocycles. The van der Waals surface area contributed by atoms with E-state index in [4.69, 9.17) is 10.1 Å². The van der Waals surface area contributed by atoms with Crippen LogP contribution in [0.15, 0.2) is 36.5 Å². The molecule has 1 aromatic rings. The molecule has 0 spiro atoms. The Morgan fingerprint density at radius 1 is 1.38 bits per heavy atom. The summed E-state index contributed by atoms with van der Waals surface area (Å²) in [4.78, 5) is 1.96. The first-order valence-corrected chi connectivity index (χ1v) is 5.16. The van der Waals surface area contributed by atoms with Crippen LogP contribution in [0.1, 0.15) is 5.56 Å². The van der Waals surface area contributed by atoms with Crippen LogP contribution in [-0.4, -0.2) is 24.5 Å². The minimum Gasteiger partial charge on any atom is -0.497 e. The Balaban J connectivity index is 2.03. The molecule has 0 atom stereocenters. The third kappa shape index (κ3) is 2.34. The van der Waals surface area contributed by atoms with Crippen LogP contribution >= 0.6 is 0 Å². The van der Waals surface area contributed by atoms with Crippen LogP contribution in [0.5, 0.6) is 5.75 Å². The molecule has 0 aliphatic carbocycles. The Hall–Kier alpha value is -1.97. The standard InChI is InChI=1S/C12H15N3O/c1-16-11-4-2-10(3-5-11)8-15-9-14-7-6-12(15)13/h2-7,13-14H,8-9H2,1H3. The van der Waals surface area contributed by atoms with Crippen molar-refractivity contribution >= 4 is 5.84 Å². The highest BCUT2D eigenvalue weighted by Crippen LogP contribution is 2.13. The number of methoxy groups -OCH3 is 1. The van der Waals surface area contributed by atoms with Crippen LogP contribution in [0, 0.1) is 5.41 Å². The summed E-state index contributed by atoms with van der Waals surface area (Å²) in [6, 6.07) is 7.91. The second-order valence-electron chi connectivity index (χ2n) is 3.63. The maximum absolute atomic E-state index is 7.75. The van der Waals surface area contributed by atoms with Gasteiger partial charge in [-0.05, 0) is 23.8 Å². The summed E-state index contributed by atoms with van der Waals surface area (Å²) in [5.74, 6) is 1.39. The van der Waals surface area contributed by atoms with Gasteiger partial charge in [-0.1, -0.05) is 12.1 Å². The van der Waals surface area contributed by atoms with Gasteiger partial charge in [0, 0.05) is 12.7 Å². The van der Waals surface area contributed by atoms with Crippen molar-refractivity contribution < 1.29 is 4.74 Å². The van der Waals surface area contributed by atoms with Gasteiger partial charge in [-0.15, -0.1) is 0 Å². The first-order valence-electron chi connectivity index (χ1n) is 5.16. The van der Waals surface area contributed by atoms with E-state index in [9.17, 15) is 0 Å². The lowest BCUT2D eigenvalue weighted by Crippen LogP contribution is -2.38. The van der Waals surface area contributed by atoms with Crippen molar-refractivity contribution in [1.82, 2.24) is 10.2 Å². The fourth-order valence-electron chi connectivity index (χ4n) is 1.58. The van der Waals surface area contributed by atoms with Crippen LogP contribution in [0.25, 0.3) is 0 Å². The summed E-state index contributed by atoms with van der Waals surface area (Å²) in [7, 11) is 1.66. The van der Waals surface area contributed by atoms with Gasteiger partial charge in [-0.3, -0.25) is 5.41 Å². The maximum atomic E-state index is 7.75. The van der Waals surface area contributed by atoms with Crippen molar-refractivity contribution in [2.75, 3.05) is 13.8 Å². The van der Waals surface area contributed by atoms with Gasteiger partial charge in [-0.2, -0.15) is 0 Å². The number of amidine groups is 1. The molecule has 0 amide bonds. The van der Waals surface area contributed by atoms with Crippen molar-refractivity contribution in [3.05, 3.63) is 42.1 Å².